The summed E-state index contributed by atoms with van der Waals surface area (Å²) in [5.74, 6) is -1.03. The number of nitrogens with zero attached hydrogens (tertiary/aromatic N) is 1. The van der Waals surface area contributed by atoms with Gasteiger partial charge in [-0.25, -0.2) is 0 Å². The van der Waals surface area contributed by atoms with Crippen LogP contribution in [0.1, 0.15) is 31.2 Å². The molecule has 1 aliphatic rings. The molecular formula is C15H22N2O3. The summed E-state index contributed by atoms with van der Waals surface area (Å²) in [7, 11) is 0. The van der Waals surface area contributed by atoms with Crippen LogP contribution in [-0.4, -0.2) is 39.9 Å². The molecule has 0 unspecified atom stereocenters. The molecule has 1 aromatic heterocycles. The van der Waals surface area contributed by atoms with Gasteiger partial charge in [-0.3, -0.25) is 9.78 Å². The van der Waals surface area contributed by atoms with E-state index in [9.17, 15) is 9.90 Å². The summed E-state index contributed by atoms with van der Waals surface area (Å²) in [6, 6.07) is 3.94. The molecule has 20 heavy (non-hydrogen) atoms. The smallest absolute Gasteiger partial charge is 0.306 e. The molecular weight excluding hydrogens is 256 g/mol. The van der Waals surface area contributed by atoms with Crippen molar-refractivity contribution in [2.75, 3.05) is 13.1 Å². The van der Waals surface area contributed by atoms with Crippen molar-refractivity contribution < 1.29 is 15.0 Å². The Labute approximate surface area is 119 Å². The highest BCUT2D eigenvalue weighted by molar-refractivity contribution is 5.70. The molecule has 3 N–H and O–H groups in total. The van der Waals surface area contributed by atoms with E-state index in [1.54, 1.807) is 6.20 Å². The van der Waals surface area contributed by atoms with Gasteiger partial charge < -0.3 is 15.5 Å². The fourth-order valence-corrected chi connectivity index (χ4v) is 2.68. The zero-order chi connectivity index (χ0) is 14.4. The van der Waals surface area contributed by atoms with Crippen LogP contribution in [0.15, 0.2) is 24.5 Å². The molecule has 1 heterocycles. The third-order valence-electron chi connectivity index (χ3n) is 4.03. The van der Waals surface area contributed by atoms with Gasteiger partial charge in [-0.2, -0.15) is 0 Å². The number of hydrogen-bond acceptors (Lipinski definition) is 4. The Morgan fingerprint density at radius 2 is 2.20 bits per heavy atom. The quantitative estimate of drug-likeness (QED) is 0.682. The maximum absolute atomic E-state index is 10.9. The summed E-state index contributed by atoms with van der Waals surface area (Å²) in [6.45, 7) is 1.32. The second-order valence-corrected chi connectivity index (χ2v) is 5.62. The number of hydrogen-bond donors (Lipinski definition) is 3. The minimum Gasteiger partial charge on any atom is -0.481 e. The Hall–Kier alpha value is -1.46. The second kappa shape index (κ2) is 6.81. The number of carbonyl (C=O) groups is 1. The first-order chi connectivity index (χ1) is 9.59. The van der Waals surface area contributed by atoms with Crippen molar-refractivity contribution in [1.82, 2.24) is 10.3 Å². The molecule has 0 radical (unpaired) electrons. The molecule has 110 valence electrons. The number of pyridine rings is 1. The van der Waals surface area contributed by atoms with Crippen LogP contribution in [0, 0.1) is 5.92 Å². The number of rotatable bonds is 6. The minimum atomic E-state index is -0.749. The monoisotopic (exact) mass is 278 g/mol. The Morgan fingerprint density at radius 1 is 1.45 bits per heavy atom. The molecule has 5 nitrogen and oxygen atoms in total. The van der Waals surface area contributed by atoms with Crippen molar-refractivity contribution in [3.8, 4) is 0 Å². The van der Waals surface area contributed by atoms with E-state index in [2.05, 4.69) is 10.3 Å². The molecule has 0 amide bonds. The molecule has 1 aliphatic carbocycles. The first-order valence-corrected chi connectivity index (χ1v) is 7.14. The third kappa shape index (κ3) is 4.28. The SMILES string of the molecule is O=C(O)C1CCC(O)(CNCCc2cccnc2)CC1. The zero-order valence-corrected chi connectivity index (χ0v) is 11.6. The van der Waals surface area contributed by atoms with Crippen LogP contribution in [0.4, 0.5) is 0 Å². The lowest BCUT2D eigenvalue weighted by molar-refractivity contribution is -0.144. The Kier molecular flexibility index (Phi) is 5.09. The van der Waals surface area contributed by atoms with Gasteiger partial charge in [-0.1, -0.05) is 6.07 Å². The highest BCUT2D eigenvalue weighted by Crippen LogP contribution is 2.31. The van der Waals surface area contributed by atoms with Crippen molar-refractivity contribution in [3.05, 3.63) is 30.1 Å². The van der Waals surface area contributed by atoms with Crippen LogP contribution in [-0.2, 0) is 11.2 Å². The van der Waals surface area contributed by atoms with Gasteiger partial charge in [0.15, 0.2) is 0 Å². The van der Waals surface area contributed by atoms with Gasteiger partial charge in [0.2, 0.25) is 0 Å². The second-order valence-electron chi connectivity index (χ2n) is 5.62. The molecule has 0 aromatic carbocycles. The zero-order valence-electron chi connectivity index (χ0n) is 11.6. The van der Waals surface area contributed by atoms with Crippen molar-refractivity contribution in [2.45, 2.75) is 37.7 Å². The molecule has 1 fully saturated rings. The molecule has 0 saturated heterocycles. The summed E-state index contributed by atoms with van der Waals surface area (Å²) in [5, 5.41) is 22.6. The molecule has 0 aliphatic heterocycles. The number of aromatic nitrogens is 1. The van der Waals surface area contributed by atoms with Crippen LogP contribution < -0.4 is 5.32 Å². The predicted molar refractivity (Wildman–Crippen MR) is 75.4 cm³/mol. The number of aliphatic carboxylic acids is 1. The molecule has 1 aromatic rings. The summed E-state index contributed by atoms with van der Waals surface area (Å²) in [6.07, 6.45) is 6.72. The van der Waals surface area contributed by atoms with Gasteiger partial charge in [-0.05, 0) is 50.3 Å². The van der Waals surface area contributed by atoms with Gasteiger partial charge in [0, 0.05) is 18.9 Å². The maximum atomic E-state index is 10.9. The average molecular weight is 278 g/mol. The standard InChI is InChI=1S/C15H22N2O3/c18-14(19)13-3-6-15(20,7-4-13)11-17-9-5-12-2-1-8-16-10-12/h1-2,8,10,13,17,20H,3-7,9,11H2,(H,18,19). The summed E-state index contributed by atoms with van der Waals surface area (Å²) in [4.78, 5) is 14.9. The summed E-state index contributed by atoms with van der Waals surface area (Å²) >= 11 is 0. The first kappa shape index (κ1) is 14.9. The van der Waals surface area contributed by atoms with Crippen molar-refractivity contribution in [3.63, 3.8) is 0 Å². The van der Waals surface area contributed by atoms with Crippen LogP contribution in [0.3, 0.4) is 0 Å². The van der Waals surface area contributed by atoms with E-state index < -0.39 is 11.6 Å². The summed E-state index contributed by atoms with van der Waals surface area (Å²) < 4.78 is 0. The summed E-state index contributed by atoms with van der Waals surface area (Å²) in [5.41, 5.74) is 0.419. The highest BCUT2D eigenvalue weighted by Gasteiger charge is 2.35. The Balaban J connectivity index is 1.68. The van der Waals surface area contributed by atoms with Gasteiger partial charge in [0.05, 0.1) is 11.5 Å². The third-order valence-corrected chi connectivity index (χ3v) is 4.03. The van der Waals surface area contributed by atoms with E-state index in [-0.39, 0.29) is 5.92 Å². The molecule has 5 heteroatoms. The largest absolute Gasteiger partial charge is 0.481 e. The molecule has 0 atom stereocenters. The van der Waals surface area contributed by atoms with Crippen molar-refractivity contribution in [2.24, 2.45) is 5.92 Å². The Morgan fingerprint density at radius 3 is 2.80 bits per heavy atom. The van der Waals surface area contributed by atoms with Crippen LogP contribution >= 0.6 is 0 Å². The number of carboxylic acids is 1. The van der Waals surface area contributed by atoms with Gasteiger partial charge in [0.25, 0.3) is 0 Å². The van der Waals surface area contributed by atoms with E-state index in [0.717, 1.165) is 13.0 Å². The lowest BCUT2D eigenvalue weighted by Crippen LogP contribution is -2.44. The lowest BCUT2D eigenvalue weighted by atomic mass is 9.79. The maximum Gasteiger partial charge on any atom is 0.306 e. The van der Waals surface area contributed by atoms with E-state index >= 15 is 0 Å². The average Bonchev–Trinajstić information content (AvgIpc) is 2.45. The number of nitrogens with one attached hydrogen (secondary N) is 1. The fourth-order valence-electron chi connectivity index (χ4n) is 2.68. The number of carboxylic acid groups (broad SMARTS) is 1. The van der Waals surface area contributed by atoms with Crippen molar-refractivity contribution >= 4 is 5.97 Å². The first-order valence-electron chi connectivity index (χ1n) is 7.14. The normalized spacial score (nSPS) is 26.4. The van der Waals surface area contributed by atoms with Crippen molar-refractivity contribution in [1.29, 1.82) is 0 Å². The van der Waals surface area contributed by atoms with E-state index in [4.69, 9.17) is 5.11 Å². The van der Waals surface area contributed by atoms with Crippen LogP contribution in [0.2, 0.25) is 0 Å². The van der Waals surface area contributed by atoms with E-state index in [1.807, 2.05) is 18.3 Å². The molecule has 0 spiro atoms. The Bertz CT molecular complexity index is 428. The van der Waals surface area contributed by atoms with Gasteiger partial charge >= 0.3 is 5.97 Å². The highest BCUT2D eigenvalue weighted by atomic mass is 16.4. The molecule has 1 saturated carbocycles. The topological polar surface area (TPSA) is 82.5 Å². The van der Waals surface area contributed by atoms with Gasteiger partial charge in [-0.15, -0.1) is 0 Å². The van der Waals surface area contributed by atoms with Crippen LogP contribution in [0.5, 0.6) is 0 Å². The number of aliphatic hydroxyl groups is 1. The van der Waals surface area contributed by atoms with Gasteiger partial charge in [0.1, 0.15) is 0 Å². The van der Waals surface area contributed by atoms with Crippen LogP contribution in [0.25, 0.3) is 0 Å². The predicted octanol–water partition coefficient (Wildman–Crippen LogP) is 1.22. The fraction of sp³-hybridized carbons (Fsp3) is 0.600. The molecule has 0 bridgehead atoms. The molecule has 2 rings (SSSR count). The lowest BCUT2D eigenvalue weighted by Gasteiger charge is -2.34. The van der Waals surface area contributed by atoms with E-state index in [1.165, 1.54) is 5.56 Å². The minimum absolute atomic E-state index is 0.286. The van der Waals surface area contributed by atoms with E-state index in [0.29, 0.717) is 32.2 Å².